The lowest BCUT2D eigenvalue weighted by Gasteiger charge is -2.05. The highest BCUT2D eigenvalue weighted by Gasteiger charge is 2.10. The van der Waals surface area contributed by atoms with Crippen LogP contribution in [0.2, 0.25) is 0 Å². The molecule has 17 heavy (non-hydrogen) atoms. The summed E-state index contributed by atoms with van der Waals surface area (Å²) in [5.41, 5.74) is 0.479. The molecular formula is C11H7BrIN3O. The summed E-state index contributed by atoms with van der Waals surface area (Å²) in [7, 11) is 0. The van der Waals surface area contributed by atoms with E-state index in [-0.39, 0.29) is 5.91 Å². The summed E-state index contributed by atoms with van der Waals surface area (Å²) in [6.07, 6.45) is 3.30. The molecule has 0 aliphatic carbocycles. The van der Waals surface area contributed by atoms with E-state index in [0.717, 1.165) is 3.57 Å². The fraction of sp³-hybridized carbons (Fsp3) is 0. The summed E-state index contributed by atoms with van der Waals surface area (Å²) in [6, 6.07) is 7.03. The van der Waals surface area contributed by atoms with Crippen molar-refractivity contribution in [3.63, 3.8) is 0 Å². The van der Waals surface area contributed by atoms with Gasteiger partial charge in [0.15, 0.2) is 0 Å². The zero-order valence-corrected chi connectivity index (χ0v) is 12.3. The van der Waals surface area contributed by atoms with Gasteiger partial charge in [0.25, 0.3) is 5.91 Å². The SMILES string of the molecule is O=C(Nc1ccc(I)cn1)c1cccnc1Br. The summed E-state index contributed by atoms with van der Waals surface area (Å²) in [6.45, 7) is 0. The Balaban J connectivity index is 2.17. The molecule has 0 spiro atoms. The number of halogens is 2. The van der Waals surface area contributed by atoms with Gasteiger partial charge in [-0.1, -0.05) is 0 Å². The molecule has 6 heteroatoms. The minimum absolute atomic E-state index is 0.237. The number of hydrogen-bond acceptors (Lipinski definition) is 3. The molecular weight excluding hydrogens is 397 g/mol. The molecule has 0 aliphatic rings. The van der Waals surface area contributed by atoms with E-state index in [1.807, 2.05) is 6.07 Å². The monoisotopic (exact) mass is 403 g/mol. The summed E-state index contributed by atoms with van der Waals surface area (Å²) >= 11 is 5.38. The first-order valence-electron chi connectivity index (χ1n) is 4.70. The third-order valence-electron chi connectivity index (χ3n) is 1.97. The number of amides is 1. The zero-order chi connectivity index (χ0) is 12.3. The van der Waals surface area contributed by atoms with Crippen molar-refractivity contribution < 1.29 is 4.79 Å². The number of rotatable bonds is 2. The van der Waals surface area contributed by atoms with Gasteiger partial charge in [-0.15, -0.1) is 0 Å². The van der Waals surface area contributed by atoms with Crippen molar-refractivity contribution in [3.05, 3.63) is 50.4 Å². The predicted octanol–water partition coefficient (Wildman–Crippen LogP) is 3.10. The molecule has 0 fully saturated rings. The van der Waals surface area contributed by atoms with Gasteiger partial charge in [0, 0.05) is 16.0 Å². The highest BCUT2D eigenvalue weighted by atomic mass is 127. The molecule has 2 aromatic heterocycles. The second-order valence-corrected chi connectivity index (χ2v) is 5.15. The van der Waals surface area contributed by atoms with Crippen molar-refractivity contribution >= 4 is 50.2 Å². The van der Waals surface area contributed by atoms with Crippen LogP contribution in [0.4, 0.5) is 5.82 Å². The largest absolute Gasteiger partial charge is 0.306 e. The van der Waals surface area contributed by atoms with Crippen LogP contribution in [0, 0.1) is 3.57 Å². The van der Waals surface area contributed by atoms with E-state index < -0.39 is 0 Å². The molecule has 2 heterocycles. The maximum atomic E-state index is 11.9. The van der Waals surface area contributed by atoms with Crippen LogP contribution in [-0.2, 0) is 0 Å². The van der Waals surface area contributed by atoms with E-state index in [1.165, 1.54) is 0 Å². The smallest absolute Gasteiger partial charge is 0.259 e. The molecule has 86 valence electrons. The molecule has 0 radical (unpaired) electrons. The van der Waals surface area contributed by atoms with E-state index >= 15 is 0 Å². The lowest BCUT2D eigenvalue weighted by Crippen LogP contribution is -2.13. The van der Waals surface area contributed by atoms with E-state index in [1.54, 1.807) is 30.6 Å². The molecule has 1 N–H and O–H groups in total. The average molecular weight is 404 g/mol. The minimum atomic E-state index is -0.237. The van der Waals surface area contributed by atoms with Crippen LogP contribution < -0.4 is 5.32 Å². The maximum Gasteiger partial charge on any atom is 0.259 e. The molecule has 0 aliphatic heterocycles. The molecule has 0 bridgehead atoms. The highest BCUT2D eigenvalue weighted by molar-refractivity contribution is 14.1. The molecule has 2 aromatic rings. The van der Waals surface area contributed by atoms with Crippen LogP contribution in [0.1, 0.15) is 10.4 Å². The van der Waals surface area contributed by atoms with Gasteiger partial charge < -0.3 is 5.32 Å². The summed E-state index contributed by atoms with van der Waals surface area (Å²) in [5, 5.41) is 2.70. The van der Waals surface area contributed by atoms with E-state index in [9.17, 15) is 4.79 Å². The van der Waals surface area contributed by atoms with Gasteiger partial charge in [-0.05, 0) is 62.8 Å². The van der Waals surface area contributed by atoms with E-state index in [2.05, 4.69) is 53.8 Å². The van der Waals surface area contributed by atoms with Crippen LogP contribution >= 0.6 is 38.5 Å². The second-order valence-electron chi connectivity index (χ2n) is 3.16. The first-order valence-corrected chi connectivity index (χ1v) is 6.57. The summed E-state index contributed by atoms with van der Waals surface area (Å²) < 4.78 is 1.53. The standard InChI is InChI=1S/C11H7BrIN3O/c12-10-8(2-1-5-14-10)11(17)16-9-4-3-7(13)6-15-9/h1-6H,(H,15,16,17). The van der Waals surface area contributed by atoms with Gasteiger partial charge in [0.05, 0.1) is 5.56 Å². The number of pyridine rings is 2. The van der Waals surface area contributed by atoms with Gasteiger partial charge in [0.1, 0.15) is 10.4 Å². The molecule has 0 aromatic carbocycles. The third-order valence-corrected chi connectivity index (χ3v) is 3.24. The first kappa shape index (κ1) is 12.4. The second kappa shape index (κ2) is 5.54. The average Bonchev–Trinajstić information content (AvgIpc) is 2.32. The maximum absolute atomic E-state index is 11.9. The topological polar surface area (TPSA) is 54.9 Å². The molecule has 1 amide bonds. The van der Waals surface area contributed by atoms with Gasteiger partial charge >= 0.3 is 0 Å². The first-order chi connectivity index (χ1) is 8.16. The Morgan fingerprint density at radius 1 is 1.29 bits per heavy atom. The van der Waals surface area contributed by atoms with Gasteiger partial charge in [0.2, 0.25) is 0 Å². The van der Waals surface area contributed by atoms with Crippen molar-refractivity contribution in [3.8, 4) is 0 Å². The normalized spacial score (nSPS) is 10.0. The quantitative estimate of drug-likeness (QED) is 0.619. The minimum Gasteiger partial charge on any atom is -0.306 e. The van der Waals surface area contributed by atoms with Crippen molar-refractivity contribution in [1.29, 1.82) is 0 Å². The van der Waals surface area contributed by atoms with Crippen molar-refractivity contribution in [1.82, 2.24) is 9.97 Å². The van der Waals surface area contributed by atoms with Crippen LogP contribution in [-0.4, -0.2) is 15.9 Å². The number of aromatic nitrogens is 2. The van der Waals surface area contributed by atoms with Crippen LogP contribution in [0.25, 0.3) is 0 Å². The van der Waals surface area contributed by atoms with Crippen LogP contribution in [0.15, 0.2) is 41.3 Å². The number of carbonyl (C=O) groups is 1. The molecule has 4 nitrogen and oxygen atoms in total. The van der Waals surface area contributed by atoms with E-state index in [0.29, 0.717) is 16.0 Å². The number of nitrogens with zero attached hydrogens (tertiary/aromatic N) is 2. The Bertz CT molecular complexity index is 545. The molecule has 0 unspecified atom stereocenters. The Kier molecular flexibility index (Phi) is 4.06. The summed E-state index contributed by atoms with van der Waals surface area (Å²) in [5.74, 6) is 0.282. The van der Waals surface area contributed by atoms with Crippen LogP contribution in [0.5, 0.6) is 0 Å². The van der Waals surface area contributed by atoms with E-state index in [4.69, 9.17) is 0 Å². The number of carbonyl (C=O) groups excluding carboxylic acids is 1. The van der Waals surface area contributed by atoms with Gasteiger partial charge in [-0.2, -0.15) is 0 Å². The Labute approximate surface area is 120 Å². The zero-order valence-electron chi connectivity index (χ0n) is 8.52. The molecule has 0 atom stereocenters. The van der Waals surface area contributed by atoms with Crippen molar-refractivity contribution in [2.75, 3.05) is 5.32 Å². The molecule has 0 saturated carbocycles. The predicted molar refractivity (Wildman–Crippen MR) is 76.8 cm³/mol. The highest BCUT2D eigenvalue weighted by Crippen LogP contribution is 2.14. The fourth-order valence-corrected chi connectivity index (χ4v) is 1.94. The Morgan fingerprint density at radius 3 is 2.76 bits per heavy atom. The number of hydrogen-bond donors (Lipinski definition) is 1. The van der Waals surface area contributed by atoms with Crippen molar-refractivity contribution in [2.24, 2.45) is 0 Å². The number of anilines is 1. The summed E-state index contributed by atoms with van der Waals surface area (Å²) in [4.78, 5) is 20.0. The lowest BCUT2D eigenvalue weighted by molar-refractivity contribution is 0.102. The van der Waals surface area contributed by atoms with Crippen LogP contribution in [0.3, 0.4) is 0 Å². The van der Waals surface area contributed by atoms with Crippen molar-refractivity contribution in [2.45, 2.75) is 0 Å². The lowest BCUT2D eigenvalue weighted by atomic mass is 10.2. The Morgan fingerprint density at radius 2 is 2.12 bits per heavy atom. The molecule has 2 rings (SSSR count). The fourth-order valence-electron chi connectivity index (χ4n) is 1.19. The molecule has 0 saturated heterocycles. The Hall–Kier alpha value is -1.02. The third kappa shape index (κ3) is 3.22. The van der Waals surface area contributed by atoms with Gasteiger partial charge in [-0.3, -0.25) is 4.79 Å². The number of nitrogens with one attached hydrogen (secondary N) is 1. The van der Waals surface area contributed by atoms with Gasteiger partial charge in [-0.25, -0.2) is 9.97 Å².